The van der Waals surface area contributed by atoms with E-state index in [1.807, 2.05) is 23.8 Å². The first-order valence-electron chi connectivity index (χ1n) is 12.0. The molecule has 9 heteroatoms. The number of cyclic esters (lactones) is 1. The molecule has 33 heavy (non-hydrogen) atoms. The van der Waals surface area contributed by atoms with E-state index in [2.05, 4.69) is 30.9 Å². The molecule has 0 aromatic carbocycles. The fourth-order valence-corrected chi connectivity index (χ4v) is 6.08. The van der Waals surface area contributed by atoms with Crippen LogP contribution in [-0.4, -0.2) is 73.6 Å². The van der Waals surface area contributed by atoms with E-state index in [1.54, 1.807) is 22.6 Å². The average molecular weight is 474 g/mol. The number of likely N-dealkylation sites (tertiary alicyclic amines) is 1. The molecule has 2 amide bonds. The number of rotatable bonds is 7. The first-order chi connectivity index (χ1) is 15.8. The standard InChI is InChI=1S/C24H35N5O3S/c1-6-7-8-18-14-32-24(31)29(18)17-9-11-28(12-10-17)23(30)19-13-25-22-20(16(4)26-27(22)5)21(19)33-15(2)3/h13,15,17-18H,6-12,14H2,1-5H3. The lowest BCUT2D eigenvalue weighted by atomic mass is 9.99. The van der Waals surface area contributed by atoms with Crippen LogP contribution in [0.5, 0.6) is 0 Å². The Labute approximate surface area is 200 Å². The van der Waals surface area contributed by atoms with Gasteiger partial charge in [-0.25, -0.2) is 9.78 Å². The molecule has 2 fully saturated rings. The van der Waals surface area contributed by atoms with E-state index in [9.17, 15) is 9.59 Å². The zero-order valence-corrected chi connectivity index (χ0v) is 21.2. The Kier molecular flexibility index (Phi) is 7.16. The van der Waals surface area contributed by atoms with Crippen LogP contribution in [-0.2, 0) is 11.8 Å². The molecule has 2 aliphatic rings. The van der Waals surface area contributed by atoms with Gasteiger partial charge in [0, 0.05) is 42.5 Å². The highest BCUT2D eigenvalue weighted by Gasteiger charge is 2.39. The van der Waals surface area contributed by atoms with E-state index < -0.39 is 0 Å². The summed E-state index contributed by atoms with van der Waals surface area (Å²) in [5.74, 6) is 0.0146. The molecule has 1 unspecified atom stereocenters. The highest BCUT2D eigenvalue weighted by atomic mass is 32.2. The number of aryl methyl sites for hydroxylation is 2. The van der Waals surface area contributed by atoms with Crippen molar-refractivity contribution >= 4 is 34.8 Å². The van der Waals surface area contributed by atoms with Crippen molar-refractivity contribution in [3.63, 3.8) is 0 Å². The maximum Gasteiger partial charge on any atom is 0.410 e. The summed E-state index contributed by atoms with van der Waals surface area (Å²) in [6.07, 6.45) is 6.24. The van der Waals surface area contributed by atoms with Crippen molar-refractivity contribution in [1.82, 2.24) is 24.6 Å². The van der Waals surface area contributed by atoms with Crippen LogP contribution >= 0.6 is 11.8 Å². The van der Waals surface area contributed by atoms with Gasteiger partial charge in [-0.1, -0.05) is 33.6 Å². The number of carbonyl (C=O) groups is 2. The topological polar surface area (TPSA) is 80.6 Å². The lowest BCUT2D eigenvalue weighted by Gasteiger charge is -2.38. The molecular weight excluding hydrogens is 438 g/mol. The Morgan fingerprint density at radius 1 is 1.30 bits per heavy atom. The zero-order valence-electron chi connectivity index (χ0n) is 20.3. The molecule has 4 rings (SSSR count). The van der Waals surface area contributed by atoms with Gasteiger partial charge in [0.05, 0.1) is 22.7 Å². The van der Waals surface area contributed by atoms with Gasteiger partial charge in [-0.3, -0.25) is 14.4 Å². The number of amides is 2. The molecule has 8 nitrogen and oxygen atoms in total. The number of carbonyl (C=O) groups excluding carboxylic acids is 2. The first-order valence-corrected chi connectivity index (χ1v) is 12.9. The van der Waals surface area contributed by atoms with Gasteiger partial charge in [-0.2, -0.15) is 5.10 Å². The van der Waals surface area contributed by atoms with E-state index in [1.165, 1.54) is 0 Å². The van der Waals surface area contributed by atoms with Gasteiger partial charge >= 0.3 is 6.09 Å². The fraction of sp³-hybridized carbons (Fsp3) is 0.667. The number of piperidine rings is 1. The number of hydrogen-bond donors (Lipinski definition) is 0. The highest BCUT2D eigenvalue weighted by Crippen LogP contribution is 2.36. The van der Waals surface area contributed by atoms with Gasteiger partial charge in [-0.05, 0) is 26.2 Å². The van der Waals surface area contributed by atoms with Gasteiger partial charge in [0.15, 0.2) is 5.65 Å². The molecule has 4 heterocycles. The monoisotopic (exact) mass is 473 g/mol. The third-order valence-electron chi connectivity index (χ3n) is 6.60. The van der Waals surface area contributed by atoms with Crippen LogP contribution in [0.2, 0.25) is 0 Å². The van der Waals surface area contributed by atoms with Crippen LogP contribution in [0.3, 0.4) is 0 Å². The first kappa shape index (κ1) is 23.9. The molecule has 0 bridgehead atoms. The van der Waals surface area contributed by atoms with E-state index in [0.29, 0.717) is 30.5 Å². The molecule has 2 aromatic heterocycles. The predicted octanol–water partition coefficient (Wildman–Crippen LogP) is 4.39. The highest BCUT2D eigenvalue weighted by molar-refractivity contribution is 8.00. The molecule has 2 aromatic rings. The van der Waals surface area contributed by atoms with Gasteiger partial charge < -0.3 is 9.64 Å². The predicted molar refractivity (Wildman–Crippen MR) is 130 cm³/mol. The van der Waals surface area contributed by atoms with Crippen LogP contribution < -0.4 is 0 Å². The molecule has 2 saturated heterocycles. The smallest absolute Gasteiger partial charge is 0.410 e. The Balaban J connectivity index is 1.52. The van der Waals surface area contributed by atoms with Crippen molar-refractivity contribution in [3.05, 3.63) is 17.5 Å². The third kappa shape index (κ3) is 4.69. The Morgan fingerprint density at radius 3 is 2.70 bits per heavy atom. The van der Waals surface area contributed by atoms with Gasteiger partial charge in [0.2, 0.25) is 0 Å². The molecule has 180 valence electrons. The maximum absolute atomic E-state index is 13.6. The zero-order chi connectivity index (χ0) is 23.7. The van der Waals surface area contributed by atoms with Crippen molar-refractivity contribution in [2.75, 3.05) is 19.7 Å². The molecule has 0 aliphatic carbocycles. The Hall–Kier alpha value is -2.29. The molecule has 0 radical (unpaired) electrons. The number of fused-ring (bicyclic) bond motifs is 1. The SMILES string of the molecule is CCCCC1COC(=O)N1C1CCN(C(=O)c2cnc3c(c(C)nn3C)c2SC(C)C)CC1. The molecule has 0 N–H and O–H groups in total. The second kappa shape index (κ2) is 9.91. The fourth-order valence-electron chi connectivity index (χ4n) is 4.99. The number of aromatic nitrogens is 3. The van der Waals surface area contributed by atoms with Crippen molar-refractivity contribution < 1.29 is 14.3 Å². The number of unbranched alkanes of at least 4 members (excludes halogenated alkanes) is 1. The van der Waals surface area contributed by atoms with Crippen LogP contribution in [0.25, 0.3) is 11.0 Å². The summed E-state index contributed by atoms with van der Waals surface area (Å²) < 4.78 is 7.14. The minimum Gasteiger partial charge on any atom is -0.447 e. The lowest BCUT2D eigenvalue weighted by Crippen LogP contribution is -2.49. The lowest BCUT2D eigenvalue weighted by molar-refractivity contribution is 0.0630. The normalized spacial score (nSPS) is 19.7. The number of thioether (sulfide) groups is 1. The number of pyridine rings is 1. The van der Waals surface area contributed by atoms with Gasteiger partial charge in [0.25, 0.3) is 5.91 Å². The molecule has 2 aliphatic heterocycles. The molecule has 0 saturated carbocycles. The van der Waals surface area contributed by atoms with Gasteiger partial charge in [0.1, 0.15) is 6.61 Å². The molecular formula is C24H35N5O3S. The van der Waals surface area contributed by atoms with Crippen molar-refractivity contribution in [3.8, 4) is 0 Å². The summed E-state index contributed by atoms with van der Waals surface area (Å²) in [5.41, 5.74) is 2.34. The summed E-state index contributed by atoms with van der Waals surface area (Å²) in [7, 11) is 1.88. The summed E-state index contributed by atoms with van der Waals surface area (Å²) in [5, 5.41) is 5.82. The van der Waals surface area contributed by atoms with Crippen molar-refractivity contribution in [2.24, 2.45) is 7.05 Å². The quantitative estimate of drug-likeness (QED) is 0.555. The summed E-state index contributed by atoms with van der Waals surface area (Å²) in [4.78, 5) is 35.4. The number of ether oxygens (including phenoxy) is 1. The second-order valence-corrected chi connectivity index (χ2v) is 11.0. The van der Waals surface area contributed by atoms with Crippen LogP contribution in [0.1, 0.15) is 68.9 Å². The third-order valence-corrected chi connectivity index (χ3v) is 7.73. The van der Waals surface area contributed by atoms with E-state index in [-0.39, 0.29) is 24.1 Å². The maximum atomic E-state index is 13.6. The Bertz CT molecular complexity index is 1030. The van der Waals surface area contributed by atoms with Crippen LogP contribution in [0.4, 0.5) is 4.79 Å². The van der Waals surface area contributed by atoms with E-state index in [0.717, 1.165) is 53.7 Å². The van der Waals surface area contributed by atoms with Crippen molar-refractivity contribution in [2.45, 2.75) is 82.0 Å². The summed E-state index contributed by atoms with van der Waals surface area (Å²) in [6.45, 7) is 10.1. The number of hydrogen-bond acceptors (Lipinski definition) is 6. The largest absolute Gasteiger partial charge is 0.447 e. The Morgan fingerprint density at radius 2 is 2.03 bits per heavy atom. The van der Waals surface area contributed by atoms with Crippen LogP contribution in [0.15, 0.2) is 11.1 Å². The summed E-state index contributed by atoms with van der Waals surface area (Å²) in [6, 6.07) is 0.301. The van der Waals surface area contributed by atoms with E-state index in [4.69, 9.17) is 4.74 Å². The molecule has 1 atom stereocenters. The van der Waals surface area contributed by atoms with Crippen LogP contribution in [0, 0.1) is 6.92 Å². The van der Waals surface area contributed by atoms with E-state index >= 15 is 0 Å². The number of nitrogens with zero attached hydrogens (tertiary/aromatic N) is 5. The minimum atomic E-state index is -0.196. The minimum absolute atomic E-state index is 0.0146. The summed E-state index contributed by atoms with van der Waals surface area (Å²) >= 11 is 1.69. The molecule has 0 spiro atoms. The second-order valence-electron chi connectivity index (χ2n) is 9.38. The van der Waals surface area contributed by atoms with Gasteiger partial charge in [-0.15, -0.1) is 11.8 Å². The van der Waals surface area contributed by atoms with Crippen molar-refractivity contribution in [1.29, 1.82) is 0 Å². The average Bonchev–Trinajstić information content (AvgIpc) is 3.30.